The van der Waals surface area contributed by atoms with Gasteiger partial charge in [-0.15, -0.1) is 0 Å². The summed E-state index contributed by atoms with van der Waals surface area (Å²) in [7, 11) is 0. The van der Waals surface area contributed by atoms with Crippen molar-refractivity contribution in [1.29, 1.82) is 0 Å². The molecule has 2 aromatic carbocycles. The lowest BCUT2D eigenvalue weighted by molar-refractivity contribution is 0.102. The Morgan fingerprint density at radius 1 is 1.03 bits per heavy atom. The average Bonchev–Trinajstić information content (AvgIpc) is 3.34. The van der Waals surface area contributed by atoms with E-state index in [2.05, 4.69) is 20.4 Å². The SMILES string of the molecule is CCc1c(C)nc2ccnn2c1Oc1ccc(C(=O)Nc2cccc(-c3ccc(F)cc3)n2)cc1F. The summed E-state index contributed by atoms with van der Waals surface area (Å²) in [5, 5.41) is 6.91. The molecule has 0 aliphatic rings. The van der Waals surface area contributed by atoms with Crippen LogP contribution >= 0.6 is 0 Å². The van der Waals surface area contributed by atoms with Crippen LogP contribution in [0.25, 0.3) is 16.9 Å². The molecular weight excluding hydrogens is 464 g/mol. The van der Waals surface area contributed by atoms with Gasteiger partial charge in [0.1, 0.15) is 11.6 Å². The van der Waals surface area contributed by atoms with Crippen molar-refractivity contribution >= 4 is 17.4 Å². The van der Waals surface area contributed by atoms with Gasteiger partial charge in [-0.05, 0) is 67.9 Å². The molecule has 1 amide bonds. The van der Waals surface area contributed by atoms with Gasteiger partial charge in [0.05, 0.1) is 11.9 Å². The number of benzene rings is 2. The highest BCUT2D eigenvalue weighted by Gasteiger charge is 2.18. The molecule has 0 atom stereocenters. The van der Waals surface area contributed by atoms with E-state index < -0.39 is 11.7 Å². The molecule has 0 saturated carbocycles. The van der Waals surface area contributed by atoms with E-state index in [-0.39, 0.29) is 22.9 Å². The summed E-state index contributed by atoms with van der Waals surface area (Å²) >= 11 is 0. The number of carbonyl (C=O) groups excluding carboxylic acids is 1. The van der Waals surface area contributed by atoms with Crippen LogP contribution < -0.4 is 10.1 Å². The van der Waals surface area contributed by atoms with Gasteiger partial charge < -0.3 is 10.1 Å². The van der Waals surface area contributed by atoms with Crippen molar-refractivity contribution in [2.24, 2.45) is 0 Å². The summed E-state index contributed by atoms with van der Waals surface area (Å²) in [6.45, 7) is 3.82. The molecule has 5 rings (SSSR count). The quantitative estimate of drug-likeness (QED) is 0.320. The van der Waals surface area contributed by atoms with Crippen molar-refractivity contribution in [3.05, 3.63) is 101 Å². The zero-order chi connectivity index (χ0) is 25.2. The topological polar surface area (TPSA) is 81.4 Å². The molecule has 1 N–H and O–H groups in total. The van der Waals surface area contributed by atoms with Gasteiger partial charge in [-0.3, -0.25) is 4.79 Å². The third kappa shape index (κ3) is 4.50. The van der Waals surface area contributed by atoms with Crippen molar-refractivity contribution in [2.75, 3.05) is 5.32 Å². The van der Waals surface area contributed by atoms with E-state index in [9.17, 15) is 9.18 Å². The highest BCUT2D eigenvalue weighted by molar-refractivity contribution is 6.04. The fraction of sp³-hybridized carbons (Fsp3) is 0.111. The third-order valence-corrected chi connectivity index (χ3v) is 5.68. The smallest absolute Gasteiger partial charge is 0.256 e. The van der Waals surface area contributed by atoms with Crippen LogP contribution in [0.1, 0.15) is 28.5 Å². The van der Waals surface area contributed by atoms with Crippen LogP contribution in [0, 0.1) is 18.6 Å². The molecule has 0 radical (unpaired) electrons. The Balaban J connectivity index is 1.37. The zero-order valence-electron chi connectivity index (χ0n) is 19.5. The van der Waals surface area contributed by atoms with E-state index in [1.807, 2.05) is 13.8 Å². The van der Waals surface area contributed by atoms with Crippen LogP contribution in [-0.2, 0) is 6.42 Å². The minimum atomic E-state index is -0.701. The van der Waals surface area contributed by atoms with Crippen LogP contribution in [0.5, 0.6) is 11.6 Å². The second-order valence-corrected chi connectivity index (χ2v) is 8.05. The van der Waals surface area contributed by atoms with E-state index in [1.165, 1.54) is 28.8 Å². The van der Waals surface area contributed by atoms with Crippen molar-refractivity contribution in [3.8, 4) is 22.9 Å². The molecule has 0 saturated heterocycles. The highest BCUT2D eigenvalue weighted by atomic mass is 19.1. The van der Waals surface area contributed by atoms with Crippen molar-refractivity contribution < 1.29 is 18.3 Å². The molecule has 0 aliphatic heterocycles. The number of amides is 1. The first-order chi connectivity index (χ1) is 17.4. The first kappa shape index (κ1) is 23.1. The van der Waals surface area contributed by atoms with E-state index >= 15 is 4.39 Å². The fourth-order valence-electron chi connectivity index (χ4n) is 3.87. The molecule has 0 aliphatic carbocycles. The van der Waals surface area contributed by atoms with Gasteiger partial charge in [0.25, 0.3) is 5.91 Å². The molecule has 0 fully saturated rings. The molecular formula is C27H21F2N5O2. The van der Waals surface area contributed by atoms with Gasteiger partial charge in [-0.2, -0.15) is 9.61 Å². The number of carbonyl (C=O) groups is 1. The summed E-state index contributed by atoms with van der Waals surface area (Å²) < 4.78 is 35.7. The Bertz CT molecular complexity index is 1580. The zero-order valence-corrected chi connectivity index (χ0v) is 19.5. The summed E-state index contributed by atoms with van der Waals surface area (Å²) in [4.78, 5) is 21.7. The van der Waals surface area contributed by atoms with Gasteiger partial charge in [-0.1, -0.05) is 13.0 Å². The first-order valence-corrected chi connectivity index (χ1v) is 11.3. The maximum absolute atomic E-state index is 15.0. The molecule has 9 heteroatoms. The number of pyridine rings is 1. The number of halogens is 2. The molecule has 3 aromatic heterocycles. The normalized spacial score (nSPS) is 11.0. The fourth-order valence-corrected chi connectivity index (χ4v) is 3.87. The second kappa shape index (κ2) is 9.53. The number of rotatable bonds is 6. The standard InChI is InChI=1S/C27H21F2N5O2/c1-3-20-16(2)31-25-13-14-30-34(25)27(20)36-23-12-9-18(15-21(23)29)26(35)33-24-6-4-5-22(32-24)17-7-10-19(28)11-8-17/h4-15H,3H2,1-2H3,(H,32,33,35). The van der Waals surface area contributed by atoms with Crippen LogP contribution in [0.15, 0.2) is 72.9 Å². The largest absolute Gasteiger partial charge is 0.435 e. The number of ether oxygens (including phenoxy) is 1. The molecule has 7 nitrogen and oxygen atoms in total. The van der Waals surface area contributed by atoms with E-state index in [0.29, 0.717) is 29.2 Å². The van der Waals surface area contributed by atoms with Crippen LogP contribution in [-0.4, -0.2) is 25.5 Å². The summed E-state index contributed by atoms with van der Waals surface area (Å²) in [6.07, 6.45) is 2.22. The maximum atomic E-state index is 15.0. The minimum absolute atomic E-state index is 0.0416. The lowest BCUT2D eigenvalue weighted by atomic mass is 10.1. The Hall–Kier alpha value is -4.66. The molecule has 0 spiro atoms. The lowest BCUT2D eigenvalue weighted by Gasteiger charge is -2.14. The van der Waals surface area contributed by atoms with E-state index in [0.717, 1.165) is 17.3 Å². The van der Waals surface area contributed by atoms with Crippen LogP contribution in [0.4, 0.5) is 14.6 Å². The minimum Gasteiger partial charge on any atom is -0.435 e. The Morgan fingerprint density at radius 3 is 2.58 bits per heavy atom. The van der Waals surface area contributed by atoms with E-state index in [4.69, 9.17) is 4.74 Å². The molecule has 3 heterocycles. The first-order valence-electron chi connectivity index (χ1n) is 11.3. The molecule has 180 valence electrons. The van der Waals surface area contributed by atoms with Gasteiger partial charge >= 0.3 is 0 Å². The Kier molecular flexibility index (Phi) is 6.12. The average molecular weight is 485 g/mol. The summed E-state index contributed by atoms with van der Waals surface area (Å²) in [5.74, 6) is -0.969. The maximum Gasteiger partial charge on any atom is 0.256 e. The van der Waals surface area contributed by atoms with Crippen molar-refractivity contribution in [3.63, 3.8) is 0 Å². The molecule has 5 aromatic rings. The van der Waals surface area contributed by atoms with Gasteiger partial charge in [0.15, 0.2) is 17.2 Å². The van der Waals surface area contributed by atoms with Crippen LogP contribution in [0.3, 0.4) is 0 Å². The molecule has 36 heavy (non-hydrogen) atoms. The summed E-state index contributed by atoms with van der Waals surface area (Å²) in [6, 6.07) is 16.7. The van der Waals surface area contributed by atoms with Gasteiger partial charge in [0, 0.05) is 28.5 Å². The molecule has 0 unspecified atom stereocenters. The number of anilines is 1. The number of nitrogens with zero attached hydrogens (tertiary/aromatic N) is 4. The number of aromatic nitrogens is 4. The predicted molar refractivity (Wildman–Crippen MR) is 131 cm³/mol. The summed E-state index contributed by atoms with van der Waals surface area (Å²) in [5.41, 5.74) is 3.52. The lowest BCUT2D eigenvalue weighted by Crippen LogP contribution is -2.13. The monoisotopic (exact) mass is 485 g/mol. The van der Waals surface area contributed by atoms with Crippen molar-refractivity contribution in [1.82, 2.24) is 19.6 Å². The Labute approximate surface area is 205 Å². The number of fused-ring (bicyclic) bond motifs is 1. The highest BCUT2D eigenvalue weighted by Crippen LogP contribution is 2.30. The number of nitrogens with one attached hydrogen (secondary N) is 1. The van der Waals surface area contributed by atoms with Gasteiger partial charge in [0.2, 0.25) is 5.88 Å². The van der Waals surface area contributed by atoms with Crippen LogP contribution in [0.2, 0.25) is 0 Å². The Morgan fingerprint density at radius 2 is 1.83 bits per heavy atom. The van der Waals surface area contributed by atoms with Gasteiger partial charge in [-0.25, -0.2) is 18.7 Å². The third-order valence-electron chi connectivity index (χ3n) is 5.68. The van der Waals surface area contributed by atoms with Crippen molar-refractivity contribution in [2.45, 2.75) is 20.3 Å². The van der Waals surface area contributed by atoms with E-state index in [1.54, 1.807) is 42.6 Å². The number of hydrogen-bond acceptors (Lipinski definition) is 5. The number of hydrogen-bond donors (Lipinski definition) is 1. The second-order valence-electron chi connectivity index (χ2n) is 8.05. The molecule has 0 bridgehead atoms. The predicted octanol–water partition coefficient (Wildman–Crippen LogP) is 5.98. The number of aryl methyl sites for hydroxylation is 1.